The minimum Gasteiger partial charge on any atom is -0.406 e. The number of ether oxygens (including phenoxy) is 1. The van der Waals surface area contributed by atoms with Crippen molar-refractivity contribution in [3.63, 3.8) is 0 Å². The fourth-order valence-electron chi connectivity index (χ4n) is 4.62. The number of anilines is 1. The fourth-order valence-corrected chi connectivity index (χ4v) is 7.12. The zero-order chi connectivity index (χ0) is 29.9. The number of benzene rings is 2. The van der Waals surface area contributed by atoms with Gasteiger partial charge in [-0.05, 0) is 41.8 Å². The third-order valence-electron chi connectivity index (χ3n) is 6.66. The van der Waals surface area contributed by atoms with Crippen molar-refractivity contribution in [1.29, 1.82) is 0 Å². The van der Waals surface area contributed by atoms with Gasteiger partial charge in [-0.15, -0.1) is 13.2 Å². The number of alkyl halides is 3. The standard InChI is InChI=1S/C27H27F3N6O4S2/c1-2-3-18-4-6-19(7-5-18)14-32-25(37)22-16-35(26-34-24-23(41-26)15-31-17-33-24)12-13-36(22)42(38,39)21-10-8-20(9-11-21)40-27(28,29)30/h4-11,15,17,22H,2-3,12-14,16H2,1H3,(H,32,37)/t22-/m1/s1. The van der Waals surface area contributed by atoms with Gasteiger partial charge < -0.3 is 15.0 Å². The number of hydrogen-bond acceptors (Lipinski definition) is 9. The van der Waals surface area contributed by atoms with Gasteiger partial charge in [0.25, 0.3) is 0 Å². The van der Waals surface area contributed by atoms with Crippen LogP contribution in [0.2, 0.25) is 0 Å². The molecule has 2 aromatic carbocycles. The first-order chi connectivity index (χ1) is 20.0. The molecule has 1 atom stereocenters. The topological polar surface area (TPSA) is 118 Å². The number of fused-ring (bicyclic) bond motifs is 1. The van der Waals surface area contributed by atoms with Gasteiger partial charge in [0.05, 0.1) is 9.60 Å². The summed E-state index contributed by atoms with van der Waals surface area (Å²) in [5.74, 6) is -1.07. The SMILES string of the molecule is CCCc1ccc(CNC(=O)[C@H]2CN(c3nc4ncncc4s3)CCN2S(=O)(=O)c2ccc(OC(F)(F)F)cc2)cc1. The lowest BCUT2D eigenvalue weighted by molar-refractivity contribution is -0.274. The molecule has 0 saturated carbocycles. The van der Waals surface area contributed by atoms with Crippen LogP contribution >= 0.6 is 11.3 Å². The average Bonchev–Trinajstić information content (AvgIpc) is 3.40. The molecule has 15 heteroatoms. The van der Waals surface area contributed by atoms with E-state index >= 15 is 0 Å². The summed E-state index contributed by atoms with van der Waals surface area (Å²) >= 11 is 1.33. The predicted molar refractivity (Wildman–Crippen MR) is 151 cm³/mol. The number of piperazine rings is 1. The van der Waals surface area contributed by atoms with Crippen LogP contribution in [-0.2, 0) is 27.8 Å². The van der Waals surface area contributed by atoms with Crippen molar-refractivity contribution in [2.24, 2.45) is 0 Å². The van der Waals surface area contributed by atoms with Gasteiger partial charge in [-0.25, -0.2) is 18.4 Å². The molecule has 42 heavy (non-hydrogen) atoms. The monoisotopic (exact) mass is 620 g/mol. The number of rotatable bonds is 9. The molecule has 1 aliphatic rings. The molecule has 0 spiro atoms. The first kappa shape index (κ1) is 29.7. The van der Waals surface area contributed by atoms with E-state index in [4.69, 9.17) is 0 Å². The molecule has 1 saturated heterocycles. The number of thiazole rings is 1. The molecule has 0 bridgehead atoms. The summed E-state index contributed by atoms with van der Waals surface area (Å²) < 4.78 is 70.8. The van der Waals surface area contributed by atoms with E-state index in [0.717, 1.165) is 51.7 Å². The van der Waals surface area contributed by atoms with Crippen LogP contribution in [0.4, 0.5) is 18.3 Å². The normalized spacial score (nSPS) is 16.5. The number of hydrogen-bond donors (Lipinski definition) is 1. The number of halogens is 3. The van der Waals surface area contributed by atoms with Crippen LogP contribution in [0.15, 0.2) is 66.0 Å². The van der Waals surface area contributed by atoms with Gasteiger partial charge in [-0.3, -0.25) is 4.79 Å². The summed E-state index contributed by atoms with van der Waals surface area (Å²) in [4.78, 5) is 27.8. The van der Waals surface area contributed by atoms with Crippen molar-refractivity contribution >= 4 is 42.7 Å². The Kier molecular flexibility index (Phi) is 8.61. The molecule has 10 nitrogen and oxygen atoms in total. The van der Waals surface area contributed by atoms with E-state index in [2.05, 4.69) is 31.9 Å². The van der Waals surface area contributed by atoms with E-state index in [1.165, 1.54) is 23.2 Å². The number of sulfonamides is 1. The third-order valence-corrected chi connectivity index (χ3v) is 9.62. The number of aromatic nitrogens is 3. The Bertz CT molecular complexity index is 1610. The second-order valence-corrected chi connectivity index (χ2v) is 12.5. The van der Waals surface area contributed by atoms with Gasteiger partial charge >= 0.3 is 6.36 Å². The van der Waals surface area contributed by atoms with Crippen LogP contribution in [0.1, 0.15) is 24.5 Å². The zero-order valence-electron chi connectivity index (χ0n) is 22.4. The highest BCUT2D eigenvalue weighted by Crippen LogP contribution is 2.31. The van der Waals surface area contributed by atoms with E-state index < -0.39 is 34.1 Å². The van der Waals surface area contributed by atoms with Gasteiger partial charge in [-0.1, -0.05) is 48.9 Å². The molecule has 2 aromatic heterocycles. The predicted octanol–water partition coefficient (Wildman–Crippen LogP) is 4.13. The number of carbonyl (C=O) groups excluding carboxylic acids is 1. The average molecular weight is 621 g/mol. The van der Waals surface area contributed by atoms with Crippen LogP contribution in [-0.4, -0.2) is 65.6 Å². The molecule has 5 rings (SSSR count). The molecule has 1 N–H and O–H groups in total. The van der Waals surface area contributed by atoms with E-state index in [9.17, 15) is 26.4 Å². The Labute approximate surface area is 244 Å². The van der Waals surface area contributed by atoms with Gasteiger partial charge in [-0.2, -0.15) is 9.29 Å². The summed E-state index contributed by atoms with van der Waals surface area (Å²) in [5.41, 5.74) is 2.53. The maximum Gasteiger partial charge on any atom is 0.573 e. The summed E-state index contributed by atoms with van der Waals surface area (Å²) in [5, 5.41) is 3.42. The van der Waals surface area contributed by atoms with E-state index in [1.807, 2.05) is 29.2 Å². The van der Waals surface area contributed by atoms with Gasteiger partial charge in [0.2, 0.25) is 15.9 Å². The van der Waals surface area contributed by atoms with Crippen molar-refractivity contribution in [2.75, 3.05) is 24.5 Å². The number of nitrogens with zero attached hydrogens (tertiary/aromatic N) is 5. The molecule has 1 fully saturated rings. The van der Waals surface area contributed by atoms with Crippen LogP contribution in [0.3, 0.4) is 0 Å². The van der Waals surface area contributed by atoms with E-state index in [0.29, 0.717) is 10.8 Å². The molecule has 4 aromatic rings. The maximum atomic E-state index is 13.7. The summed E-state index contributed by atoms with van der Waals surface area (Å²) in [7, 11) is -4.27. The minimum absolute atomic E-state index is 0.00300. The highest BCUT2D eigenvalue weighted by Gasteiger charge is 2.41. The molecule has 0 radical (unpaired) electrons. The van der Waals surface area contributed by atoms with Crippen molar-refractivity contribution in [3.05, 3.63) is 72.2 Å². The van der Waals surface area contributed by atoms with E-state index in [1.54, 1.807) is 6.20 Å². The number of nitrogens with one attached hydrogen (secondary N) is 1. The van der Waals surface area contributed by atoms with Crippen LogP contribution < -0.4 is 15.0 Å². The third kappa shape index (κ3) is 6.79. The van der Waals surface area contributed by atoms with E-state index in [-0.39, 0.29) is 31.1 Å². The van der Waals surface area contributed by atoms with Crippen molar-refractivity contribution in [1.82, 2.24) is 24.6 Å². The summed E-state index contributed by atoms with van der Waals surface area (Å²) in [6.07, 6.45) is 0.0527. The lowest BCUT2D eigenvalue weighted by Gasteiger charge is -2.39. The minimum atomic E-state index is -4.91. The van der Waals surface area contributed by atoms with Crippen molar-refractivity contribution in [2.45, 2.75) is 43.6 Å². The van der Waals surface area contributed by atoms with Crippen LogP contribution in [0, 0.1) is 0 Å². The molecule has 1 amide bonds. The lowest BCUT2D eigenvalue weighted by atomic mass is 10.1. The lowest BCUT2D eigenvalue weighted by Crippen LogP contribution is -2.60. The second kappa shape index (κ2) is 12.2. The van der Waals surface area contributed by atoms with Crippen molar-refractivity contribution in [3.8, 4) is 5.75 Å². The first-order valence-corrected chi connectivity index (χ1v) is 15.3. The first-order valence-electron chi connectivity index (χ1n) is 13.1. The largest absolute Gasteiger partial charge is 0.573 e. The maximum absolute atomic E-state index is 13.7. The highest BCUT2D eigenvalue weighted by atomic mass is 32.2. The fraction of sp³-hybridized carbons (Fsp3) is 0.333. The smallest absolute Gasteiger partial charge is 0.406 e. The number of carbonyl (C=O) groups is 1. The van der Waals surface area contributed by atoms with Gasteiger partial charge in [0.15, 0.2) is 10.8 Å². The quantitative estimate of drug-likeness (QED) is 0.297. The molecular formula is C27H27F3N6O4S2. The Morgan fingerprint density at radius 2 is 1.81 bits per heavy atom. The second-order valence-electron chi connectivity index (χ2n) is 9.59. The Morgan fingerprint density at radius 3 is 2.48 bits per heavy atom. The number of amides is 1. The van der Waals surface area contributed by atoms with Crippen LogP contribution in [0.25, 0.3) is 10.3 Å². The number of aryl methyl sites for hydroxylation is 1. The Morgan fingerprint density at radius 1 is 1.10 bits per heavy atom. The Hall–Kier alpha value is -3.82. The van der Waals surface area contributed by atoms with Crippen molar-refractivity contribution < 1.29 is 31.1 Å². The summed E-state index contributed by atoms with van der Waals surface area (Å²) in [6, 6.07) is 10.6. The molecule has 222 valence electrons. The highest BCUT2D eigenvalue weighted by molar-refractivity contribution is 7.89. The van der Waals surface area contributed by atoms with Crippen LogP contribution in [0.5, 0.6) is 5.75 Å². The van der Waals surface area contributed by atoms with Gasteiger partial charge in [0, 0.05) is 32.4 Å². The zero-order valence-corrected chi connectivity index (χ0v) is 24.0. The summed E-state index contributed by atoms with van der Waals surface area (Å²) in [6.45, 7) is 2.45. The molecule has 3 heterocycles. The Balaban J connectivity index is 1.39. The molecule has 0 unspecified atom stereocenters. The molecular weight excluding hydrogens is 593 g/mol. The molecule has 1 aliphatic heterocycles. The molecule has 0 aliphatic carbocycles. The van der Waals surface area contributed by atoms with Gasteiger partial charge in [0.1, 0.15) is 18.1 Å².